The maximum atomic E-state index is 13.1. The fraction of sp³-hybridized carbons (Fsp3) is 0. The van der Waals surface area contributed by atoms with Crippen molar-refractivity contribution in [3.8, 4) is 0 Å². The summed E-state index contributed by atoms with van der Waals surface area (Å²) in [5.74, 6) is -0.750. The van der Waals surface area contributed by atoms with Crippen molar-refractivity contribution in [1.29, 1.82) is 0 Å². The molecule has 0 spiro atoms. The van der Waals surface area contributed by atoms with Crippen LogP contribution in [0.5, 0.6) is 0 Å². The average molecular weight is 356 g/mol. The minimum atomic E-state index is -0.442. The van der Waals surface area contributed by atoms with Gasteiger partial charge in [-0.25, -0.2) is 4.39 Å². The van der Waals surface area contributed by atoms with E-state index in [4.69, 9.17) is 5.73 Å². The molecule has 0 aliphatic heterocycles. The first-order chi connectivity index (χ1) is 8.58. The van der Waals surface area contributed by atoms with Crippen LogP contribution in [0.15, 0.2) is 42.5 Å². The van der Waals surface area contributed by atoms with Crippen LogP contribution in [-0.4, -0.2) is 5.91 Å². The lowest BCUT2D eigenvalue weighted by Crippen LogP contribution is -2.14. The van der Waals surface area contributed by atoms with Gasteiger partial charge in [-0.1, -0.05) is 12.1 Å². The third kappa shape index (κ3) is 2.79. The van der Waals surface area contributed by atoms with Gasteiger partial charge in [0.1, 0.15) is 5.82 Å². The second-order valence-corrected chi connectivity index (χ2v) is 4.83. The Kier molecular flexibility index (Phi) is 3.81. The predicted molar refractivity (Wildman–Crippen MR) is 77.9 cm³/mol. The molecule has 2 aromatic carbocycles. The zero-order valence-corrected chi connectivity index (χ0v) is 11.4. The Morgan fingerprint density at radius 1 is 1.22 bits per heavy atom. The van der Waals surface area contributed by atoms with Gasteiger partial charge in [-0.2, -0.15) is 0 Å². The van der Waals surface area contributed by atoms with Crippen LogP contribution in [0.25, 0.3) is 0 Å². The number of nitrogens with two attached hydrogens (primary N) is 1. The van der Waals surface area contributed by atoms with Gasteiger partial charge >= 0.3 is 0 Å². The van der Waals surface area contributed by atoms with E-state index in [0.29, 0.717) is 11.3 Å². The number of benzene rings is 2. The standard InChI is InChI=1S/C13H10FIN2O/c14-8-5-6-11(16)12(7-8)17-13(18)9-3-1-2-4-10(9)15/h1-7H,16H2,(H,17,18). The molecule has 2 aromatic rings. The summed E-state index contributed by atoms with van der Waals surface area (Å²) in [6, 6.07) is 11.0. The average Bonchev–Trinajstić information content (AvgIpc) is 2.34. The zero-order valence-electron chi connectivity index (χ0n) is 9.28. The number of rotatable bonds is 2. The summed E-state index contributed by atoms with van der Waals surface area (Å²) in [5, 5.41) is 2.60. The van der Waals surface area contributed by atoms with Crippen LogP contribution in [-0.2, 0) is 0 Å². The zero-order chi connectivity index (χ0) is 13.1. The molecule has 3 nitrogen and oxygen atoms in total. The molecule has 0 aliphatic carbocycles. The Morgan fingerprint density at radius 3 is 2.67 bits per heavy atom. The van der Waals surface area contributed by atoms with Crippen molar-refractivity contribution in [1.82, 2.24) is 0 Å². The maximum Gasteiger partial charge on any atom is 0.256 e. The number of carbonyl (C=O) groups is 1. The van der Waals surface area contributed by atoms with Crippen molar-refractivity contribution in [2.45, 2.75) is 0 Å². The predicted octanol–water partition coefficient (Wildman–Crippen LogP) is 3.26. The molecule has 0 fully saturated rings. The van der Waals surface area contributed by atoms with Crippen molar-refractivity contribution in [3.63, 3.8) is 0 Å². The first-order valence-electron chi connectivity index (χ1n) is 5.19. The van der Waals surface area contributed by atoms with Crippen molar-refractivity contribution >= 4 is 39.9 Å². The smallest absolute Gasteiger partial charge is 0.256 e. The summed E-state index contributed by atoms with van der Waals surface area (Å²) < 4.78 is 13.9. The molecule has 0 bridgehead atoms. The molecule has 3 N–H and O–H groups in total. The summed E-state index contributed by atoms with van der Waals surface area (Å²) in [5.41, 5.74) is 6.81. The highest BCUT2D eigenvalue weighted by atomic mass is 127. The molecule has 0 atom stereocenters. The number of nitrogens with one attached hydrogen (secondary N) is 1. The maximum absolute atomic E-state index is 13.1. The van der Waals surface area contributed by atoms with E-state index in [1.54, 1.807) is 12.1 Å². The van der Waals surface area contributed by atoms with E-state index in [1.165, 1.54) is 18.2 Å². The number of carbonyl (C=O) groups excluding carboxylic acids is 1. The van der Waals surface area contributed by atoms with Crippen LogP contribution in [0.2, 0.25) is 0 Å². The van der Waals surface area contributed by atoms with Gasteiger partial charge in [-0.15, -0.1) is 0 Å². The lowest BCUT2D eigenvalue weighted by atomic mass is 10.2. The number of amides is 1. The van der Waals surface area contributed by atoms with Gasteiger partial charge in [0.25, 0.3) is 5.91 Å². The molecule has 2 rings (SSSR count). The van der Waals surface area contributed by atoms with Gasteiger partial charge in [0, 0.05) is 3.57 Å². The van der Waals surface area contributed by atoms with Gasteiger partial charge in [0.2, 0.25) is 0 Å². The second kappa shape index (κ2) is 5.34. The van der Waals surface area contributed by atoms with Crippen LogP contribution in [0.3, 0.4) is 0 Å². The van der Waals surface area contributed by atoms with Crippen molar-refractivity contribution in [2.24, 2.45) is 0 Å². The summed E-state index contributed by atoms with van der Waals surface area (Å²) >= 11 is 2.07. The minimum absolute atomic E-state index is 0.277. The van der Waals surface area contributed by atoms with E-state index in [-0.39, 0.29) is 11.6 Å². The Morgan fingerprint density at radius 2 is 1.94 bits per heavy atom. The van der Waals surface area contributed by atoms with Gasteiger partial charge in [-0.05, 0) is 52.9 Å². The molecule has 0 unspecified atom stereocenters. The summed E-state index contributed by atoms with van der Waals surface area (Å²) in [7, 11) is 0. The summed E-state index contributed by atoms with van der Waals surface area (Å²) in [6.45, 7) is 0. The van der Waals surface area contributed by atoms with Crippen molar-refractivity contribution in [3.05, 3.63) is 57.4 Å². The monoisotopic (exact) mass is 356 g/mol. The quantitative estimate of drug-likeness (QED) is 0.641. The topological polar surface area (TPSA) is 55.1 Å². The van der Waals surface area contributed by atoms with Gasteiger partial charge in [-0.3, -0.25) is 4.79 Å². The molecule has 5 heteroatoms. The number of nitrogen functional groups attached to an aromatic ring is 1. The minimum Gasteiger partial charge on any atom is -0.397 e. The highest BCUT2D eigenvalue weighted by molar-refractivity contribution is 14.1. The molecule has 0 aliphatic rings. The molecule has 18 heavy (non-hydrogen) atoms. The normalized spacial score (nSPS) is 10.1. The van der Waals surface area contributed by atoms with Crippen LogP contribution in [0.4, 0.5) is 15.8 Å². The fourth-order valence-electron chi connectivity index (χ4n) is 1.47. The van der Waals surface area contributed by atoms with Crippen LogP contribution >= 0.6 is 22.6 Å². The van der Waals surface area contributed by atoms with E-state index in [1.807, 2.05) is 12.1 Å². The van der Waals surface area contributed by atoms with Crippen molar-refractivity contribution < 1.29 is 9.18 Å². The van der Waals surface area contributed by atoms with Gasteiger partial charge in [0.15, 0.2) is 0 Å². The van der Waals surface area contributed by atoms with Crippen LogP contribution in [0, 0.1) is 9.39 Å². The fourth-order valence-corrected chi connectivity index (χ4v) is 2.10. The van der Waals surface area contributed by atoms with Crippen LogP contribution in [0.1, 0.15) is 10.4 Å². The first-order valence-corrected chi connectivity index (χ1v) is 6.26. The molecule has 1 amide bonds. The molecule has 92 valence electrons. The van der Waals surface area contributed by atoms with Gasteiger partial charge in [0.05, 0.1) is 16.9 Å². The first kappa shape index (κ1) is 12.8. The van der Waals surface area contributed by atoms with E-state index >= 15 is 0 Å². The summed E-state index contributed by atoms with van der Waals surface area (Å²) in [6.07, 6.45) is 0. The SMILES string of the molecule is Nc1ccc(F)cc1NC(=O)c1ccccc1I. The molecule has 0 heterocycles. The third-order valence-electron chi connectivity index (χ3n) is 2.38. The van der Waals surface area contributed by atoms with Gasteiger partial charge < -0.3 is 11.1 Å². The molecule has 0 saturated heterocycles. The number of halogens is 2. The highest BCUT2D eigenvalue weighted by Gasteiger charge is 2.11. The molecule has 0 saturated carbocycles. The molecular weight excluding hydrogens is 346 g/mol. The Bertz CT molecular complexity index is 601. The Hall–Kier alpha value is -1.63. The molecule has 0 aromatic heterocycles. The number of hydrogen-bond acceptors (Lipinski definition) is 2. The second-order valence-electron chi connectivity index (χ2n) is 3.67. The third-order valence-corrected chi connectivity index (χ3v) is 3.32. The van der Waals surface area contributed by atoms with E-state index < -0.39 is 5.82 Å². The van der Waals surface area contributed by atoms with E-state index in [2.05, 4.69) is 27.9 Å². The van der Waals surface area contributed by atoms with Crippen LogP contribution < -0.4 is 11.1 Å². The Balaban J connectivity index is 2.27. The number of hydrogen-bond donors (Lipinski definition) is 2. The lowest BCUT2D eigenvalue weighted by Gasteiger charge is -2.09. The highest BCUT2D eigenvalue weighted by Crippen LogP contribution is 2.21. The Labute approximate surface area is 117 Å². The summed E-state index contributed by atoms with van der Waals surface area (Å²) in [4.78, 5) is 12.0. The van der Waals surface area contributed by atoms with E-state index in [9.17, 15) is 9.18 Å². The number of anilines is 2. The lowest BCUT2D eigenvalue weighted by molar-refractivity contribution is 0.102. The van der Waals surface area contributed by atoms with Crippen molar-refractivity contribution in [2.75, 3.05) is 11.1 Å². The molecule has 0 radical (unpaired) electrons. The molecular formula is C13H10FIN2O. The van der Waals surface area contributed by atoms with E-state index in [0.717, 1.165) is 3.57 Å². The largest absolute Gasteiger partial charge is 0.397 e.